The molecule has 0 unspecified atom stereocenters. The number of Topliss-reactive ketones (excluding diaryl/α,β-unsaturated/α-hetero) is 1. The zero-order valence-electron chi connectivity index (χ0n) is 9.96. The summed E-state index contributed by atoms with van der Waals surface area (Å²) in [6.45, 7) is 0. The van der Waals surface area contributed by atoms with Gasteiger partial charge in [0.1, 0.15) is 5.60 Å². The minimum atomic E-state index is -0.735. The van der Waals surface area contributed by atoms with E-state index in [2.05, 4.69) is 0 Å². The van der Waals surface area contributed by atoms with Crippen molar-refractivity contribution in [2.24, 2.45) is 0 Å². The second-order valence-electron chi connectivity index (χ2n) is 4.23. The Balaban J connectivity index is 2.28. The second-order valence-corrected chi connectivity index (χ2v) is 4.23. The molecule has 0 heterocycles. The van der Waals surface area contributed by atoms with Crippen LogP contribution in [0.15, 0.2) is 18.2 Å². The molecule has 92 valence electrons. The smallest absolute Gasteiger partial charge is 0.194 e. The molecule has 3 nitrogen and oxygen atoms in total. The predicted molar refractivity (Wildman–Crippen MR) is 60.9 cm³/mol. The first-order valence-corrected chi connectivity index (χ1v) is 5.56. The molecule has 17 heavy (non-hydrogen) atoms. The molecule has 1 saturated carbocycles. The summed E-state index contributed by atoms with van der Waals surface area (Å²) in [5.41, 5.74) is -0.397. The third-order valence-electron chi connectivity index (χ3n) is 3.38. The van der Waals surface area contributed by atoms with Crippen molar-refractivity contribution < 1.29 is 18.7 Å². The number of benzene rings is 1. The van der Waals surface area contributed by atoms with Crippen molar-refractivity contribution in [1.29, 1.82) is 0 Å². The van der Waals surface area contributed by atoms with Crippen molar-refractivity contribution in [2.75, 3.05) is 14.2 Å². The van der Waals surface area contributed by atoms with Crippen molar-refractivity contribution in [1.82, 2.24) is 0 Å². The molecule has 0 saturated heterocycles. The zero-order chi connectivity index (χ0) is 12.5. The van der Waals surface area contributed by atoms with Gasteiger partial charge in [0.15, 0.2) is 17.3 Å². The van der Waals surface area contributed by atoms with Crippen molar-refractivity contribution in [3.63, 3.8) is 0 Å². The SMILES string of the molecule is COc1ccc(C(=O)C2(OC)CCC2)cc1F. The van der Waals surface area contributed by atoms with Crippen molar-refractivity contribution in [2.45, 2.75) is 24.9 Å². The highest BCUT2D eigenvalue weighted by molar-refractivity contribution is 6.03. The normalized spacial score (nSPS) is 17.4. The standard InChI is InChI=1S/C13H15FO3/c1-16-11-5-4-9(8-10(11)14)12(15)13(17-2)6-3-7-13/h4-5,8H,3,6-7H2,1-2H3. The number of halogens is 1. The maximum absolute atomic E-state index is 13.5. The van der Waals surface area contributed by atoms with Crippen LogP contribution in [0, 0.1) is 5.82 Å². The minimum Gasteiger partial charge on any atom is -0.494 e. The van der Waals surface area contributed by atoms with Gasteiger partial charge in [0.25, 0.3) is 0 Å². The summed E-state index contributed by atoms with van der Waals surface area (Å²) < 4.78 is 23.6. The third kappa shape index (κ3) is 1.93. The van der Waals surface area contributed by atoms with Crippen LogP contribution in [-0.4, -0.2) is 25.6 Å². The quantitative estimate of drug-likeness (QED) is 0.756. The van der Waals surface area contributed by atoms with Gasteiger partial charge in [-0.25, -0.2) is 4.39 Å². The van der Waals surface area contributed by atoms with Crippen LogP contribution < -0.4 is 4.74 Å². The van der Waals surface area contributed by atoms with Gasteiger partial charge in [0, 0.05) is 12.7 Å². The van der Waals surface area contributed by atoms with Gasteiger partial charge in [-0.15, -0.1) is 0 Å². The zero-order valence-corrected chi connectivity index (χ0v) is 9.96. The molecule has 2 rings (SSSR count). The first kappa shape index (κ1) is 12.0. The van der Waals surface area contributed by atoms with E-state index >= 15 is 0 Å². The van der Waals surface area contributed by atoms with Crippen LogP contribution in [-0.2, 0) is 4.74 Å². The molecule has 4 heteroatoms. The lowest BCUT2D eigenvalue weighted by Crippen LogP contribution is -2.47. The summed E-state index contributed by atoms with van der Waals surface area (Å²) in [5.74, 6) is -0.529. The molecule has 1 aliphatic rings. The number of carbonyl (C=O) groups is 1. The molecule has 1 aromatic carbocycles. The average molecular weight is 238 g/mol. The molecule has 0 amide bonds. The molecule has 0 radical (unpaired) electrons. The van der Waals surface area contributed by atoms with E-state index in [0.717, 1.165) is 6.42 Å². The maximum Gasteiger partial charge on any atom is 0.194 e. The number of ether oxygens (including phenoxy) is 2. The lowest BCUT2D eigenvalue weighted by atomic mass is 9.75. The number of rotatable bonds is 4. The molecule has 0 N–H and O–H groups in total. The van der Waals surface area contributed by atoms with Gasteiger partial charge in [-0.3, -0.25) is 4.79 Å². The summed E-state index contributed by atoms with van der Waals surface area (Å²) in [6.07, 6.45) is 2.38. The Morgan fingerprint density at radius 1 is 1.35 bits per heavy atom. The Hall–Kier alpha value is -1.42. The van der Waals surface area contributed by atoms with Crippen molar-refractivity contribution in [3.8, 4) is 5.75 Å². The third-order valence-corrected chi connectivity index (χ3v) is 3.38. The van der Waals surface area contributed by atoms with Gasteiger partial charge in [-0.2, -0.15) is 0 Å². The summed E-state index contributed by atoms with van der Waals surface area (Å²) in [6, 6.07) is 4.24. The van der Waals surface area contributed by atoms with E-state index < -0.39 is 11.4 Å². The highest BCUT2D eigenvalue weighted by atomic mass is 19.1. The van der Waals surface area contributed by atoms with Crippen LogP contribution in [0.1, 0.15) is 29.6 Å². The summed E-state index contributed by atoms with van der Waals surface area (Å²) in [4.78, 5) is 12.2. The Morgan fingerprint density at radius 3 is 2.47 bits per heavy atom. The van der Waals surface area contributed by atoms with Crippen LogP contribution in [0.3, 0.4) is 0 Å². The van der Waals surface area contributed by atoms with E-state index in [1.165, 1.54) is 26.4 Å². The summed E-state index contributed by atoms with van der Waals surface area (Å²) in [7, 11) is 2.92. The lowest BCUT2D eigenvalue weighted by Gasteiger charge is -2.38. The fourth-order valence-electron chi connectivity index (χ4n) is 2.09. The fourth-order valence-corrected chi connectivity index (χ4v) is 2.09. The first-order chi connectivity index (χ1) is 8.13. The van der Waals surface area contributed by atoms with E-state index in [0.29, 0.717) is 18.4 Å². The lowest BCUT2D eigenvalue weighted by molar-refractivity contribution is -0.0448. The largest absolute Gasteiger partial charge is 0.494 e. The number of hydrogen-bond acceptors (Lipinski definition) is 3. The van der Waals surface area contributed by atoms with Gasteiger partial charge < -0.3 is 9.47 Å². The predicted octanol–water partition coefficient (Wildman–Crippen LogP) is 2.59. The summed E-state index contributed by atoms with van der Waals surface area (Å²) in [5, 5.41) is 0. The molecule has 0 spiro atoms. The van der Waals surface area contributed by atoms with Gasteiger partial charge in [0.2, 0.25) is 0 Å². The van der Waals surface area contributed by atoms with Gasteiger partial charge in [-0.05, 0) is 37.5 Å². The molecule has 1 fully saturated rings. The number of hydrogen-bond donors (Lipinski definition) is 0. The van der Waals surface area contributed by atoms with E-state index in [1.807, 2.05) is 0 Å². The molecule has 1 aliphatic carbocycles. The van der Waals surface area contributed by atoms with Gasteiger partial charge >= 0.3 is 0 Å². The highest BCUT2D eigenvalue weighted by Crippen LogP contribution is 2.38. The summed E-state index contributed by atoms with van der Waals surface area (Å²) >= 11 is 0. The van der Waals surface area contributed by atoms with E-state index in [-0.39, 0.29) is 11.5 Å². The van der Waals surface area contributed by atoms with Crippen LogP contribution in [0.4, 0.5) is 4.39 Å². The molecular weight excluding hydrogens is 223 g/mol. The van der Waals surface area contributed by atoms with Crippen molar-refractivity contribution >= 4 is 5.78 Å². The number of ketones is 1. The van der Waals surface area contributed by atoms with E-state index in [1.54, 1.807) is 6.07 Å². The van der Waals surface area contributed by atoms with Crippen LogP contribution in [0.25, 0.3) is 0 Å². The molecule has 0 aromatic heterocycles. The van der Waals surface area contributed by atoms with Crippen LogP contribution in [0.2, 0.25) is 0 Å². The van der Waals surface area contributed by atoms with E-state index in [9.17, 15) is 9.18 Å². The Bertz CT molecular complexity index is 433. The Labute approximate surface area is 99.5 Å². The molecule has 0 bridgehead atoms. The fraction of sp³-hybridized carbons (Fsp3) is 0.462. The topological polar surface area (TPSA) is 35.5 Å². The van der Waals surface area contributed by atoms with Gasteiger partial charge in [-0.1, -0.05) is 0 Å². The second kappa shape index (κ2) is 4.45. The highest BCUT2D eigenvalue weighted by Gasteiger charge is 2.44. The molecule has 1 aromatic rings. The number of carbonyl (C=O) groups excluding carboxylic acids is 1. The Morgan fingerprint density at radius 2 is 2.06 bits per heavy atom. The average Bonchev–Trinajstić information content (AvgIpc) is 2.28. The maximum atomic E-state index is 13.5. The van der Waals surface area contributed by atoms with Crippen molar-refractivity contribution in [3.05, 3.63) is 29.6 Å². The first-order valence-electron chi connectivity index (χ1n) is 5.56. The monoisotopic (exact) mass is 238 g/mol. The minimum absolute atomic E-state index is 0.140. The molecular formula is C13H15FO3. The molecule has 0 atom stereocenters. The van der Waals surface area contributed by atoms with Crippen LogP contribution in [0.5, 0.6) is 5.75 Å². The van der Waals surface area contributed by atoms with Crippen LogP contribution >= 0.6 is 0 Å². The van der Waals surface area contributed by atoms with Gasteiger partial charge in [0.05, 0.1) is 7.11 Å². The number of methoxy groups -OCH3 is 2. The Kier molecular flexibility index (Phi) is 3.15. The molecule has 0 aliphatic heterocycles. The van der Waals surface area contributed by atoms with E-state index in [4.69, 9.17) is 9.47 Å².